The number of rotatable bonds is 4. The number of likely N-dealkylation sites (tertiary alicyclic amines) is 1. The van der Waals surface area contributed by atoms with Crippen LogP contribution in [0.4, 0.5) is 0 Å². The fourth-order valence-electron chi connectivity index (χ4n) is 3.15. The van der Waals surface area contributed by atoms with Crippen molar-refractivity contribution in [3.63, 3.8) is 0 Å². The largest absolute Gasteiger partial charge is 0.352 e. The Kier molecular flexibility index (Phi) is 5.49. The molecule has 1 heterocycles. The van der Waals surface area contributed by atoms with Crippen molar-refractivity contribution < 1.29 is 9.59 Å². The van der Waals surface area contributed by atoms with E-state index in [1.54, 1.807) is 0 Å². The summed E-state index contributed by atoms with van der Waals surface area (Å²) >= 11 is 0. The second kappa shape index (κ2) is 7.97. The number of piperidine rings is 1. The van der Waals surface area contributed by atoms with E-state index in [0.717, 1.165) is 29.5 Å². The molecular weight excluding hydrogens is 312 g/mol. The van der Waals surface area contributed by atoms with Crippen LogP contribution in [0, 0.1) is 12.8 Å². The lowest BCUT2D eigenvalue weighted by molar-refractivity contribution is -0.126. The highest BCUT2D eigenvalue weighted by Crippen LogP contribution is 2.19. The molecule has 0 atom stereocenters. The van der Waals surface area contributed by atoms with E-state index in [1.807, 2.05) is 66.4 Å². The summed E-state index contributed by atoms with van der Waals surface area (Å²) in [6, 6.07) is 17.6. The Labute approximate surface area is 148 Å². The van der Waals surface area contributed by atoms with E-state index < -0.39 is 0 Å². The minimum absolute atomic E-state index is 0.00854. The van der Waals surface area contributed by atoms with Crippen molar-refractivity contribution in [2.24, 2.45) is 5.92 Å². The number of nitrogens with zero attached hydrogens (tertiary/aromatic N) is 1. The van der Waals surface area contributed by atoms with Gasteiger partial charge in [0.05, 0.1) is 0 Å². The Morgan fingerprint density at radius 3 is 2.28 bits per heavy atom. The zero-order valence-corrected chi connectivity index (χ0v) is 14.6. The average Bonchev–Trinajstić information content (AvgIpc) is 2.67. The number of carbonyl (C=O) groups is 2. The van der Waals surface area contributed by atoms with Crippen LogP contribution in [0.25, 0.3) is 0 Å². The zero-order chi connectivity index (χ0) is 17.6. The van der Waals surface area contributed by atoms with Crippen LogP contribution in [0.5, 0.6) is 0 Å². The SMILES string of the molecule is Cc1ccc(C(=O)N2CCC(C(=O)NCc3ccccc3)CC2)cc1. The van der Waals surface area contributed by atoms with Crippen molar-refractivity contribution in [2.45, 2.75) is 26.3 Å². The first-order valence-electron chi connectivity index (χ1n) is 8.81. The number of amides is 2. The van der Waals surface area contributed by atoms with E-state index in [2.05, 4.69) is 5.32 Å². The maximum atomic E-state index is 12.5. The highest BCUT2D eigenvalue weighted by molar-refractivity contribution is 5.94. The van der Waals surface area contributed by atoms with E-state index in [0.29, 0.717) is 19.6 Å². The lowest BCUT2D eigenvalue weighted by Crippen LogP contribution is -2.42. The van der Waals surface area contributed by atoms with Gasteiger partial charge in [0.15, 0.2) is 0 Å². The summed E-state index contributed by atoms with van der Waals surface area (Å²) in [5.74, 6) is 0.139. The van der Waals surface area contributed by atoms with Crippen LogP contribution in [0.3, 0.4) is 0 Å². The van der Waals surface area contributed by atoms with Gasteiger partial charge in [-0.1, -0.05) is 48.0 Å². The molecule has 1 saturated heterocycles. The average molecular weight is 336 g/mol. The Bertz CT molecular complexity index is 717. The fraction of sp³-hybridized carbons (Fsp3) is 0.333. The highest BCUT2D eigenvalue weighted by Gasteiger charge is 2.27. The number of hydrogen-bond donors (Lipinski definition) is 1. The Balaban J connectivity index is 1.48. The van der Waals surface area contributed by atoms with E-state index in [-0.39, 0.29) is 17.7 Å². The number of benzene rings is 2. The molecule has 0 bridgehead atoms. The summed E-state index contributed by atoms with van der Waals surface area (Å²) in [5.41, 5.74) is 2.96. The normalized spacial score (nSPS) is 15.0. The van der Waals surface area contributed by atoms with Gasteiger partial charge < -0.3 is 10.2 Å². The summed E-state index contributed by atoms with van der Waals surface area (Å²) in [6.45, 7) is 3.84. The number of nitrogens with one attached hydrogen (secondary N) is 1. The quantitative estimate of drug-likeness (QED) is 0.932. The molecule has 25 heavy (non-hydrogen) atoms. The van der Waals surface area contributed by atoms with Crippen molar-refractivity contribution in [1.82, 2.24) is 10.2 Å². The van der Waals surface area contributed by atoms with Gasteiger partial charge in [-0.25, -0.2) is 0 Å². The summed E-state index contributed by atoms with van der Waals surface area (Å²) < 4.78 is 0. The molecule has 2 aromatic rings. The van der Waals surface area contributed by atoms with Crippen molar-refractivity contribution in [3.8, 4) is 0 Å². The Morgan fingerprint density at radius 2 is 1.64 bits per heavy atom. The molecule has 0 spiro atoms. The van der Waals surface area contributed by atoms with Gasteiger partial charge in [-0.2, -0.15) is 0 Å². The third-order valence-electron chi connectivity index (χ3n) is 4.76. The predicted octanol–water partition coefficient (Wildman–Crippen LogP) is 3.16. The van der Waals surface area contributed by atoms with Crippen molar-refractivity contribution in [3.05, 3.63) is 71.3 Å². The summed E-state index contributed by atoms with van der Waals surface area (Å²) in [4.78, 5) is 26.7. The monoisotopic (exact) mass is 336 g/mol. The molecule has 4 nitrogen and oxygen atoms in total. The second-order valence-electron chi connectivity index (χ2n) is 6.64. The van der Waals surface area contributed by atoms with Crippen molar-refractivity contribution in [2.75, 3.05) is 13.1 Å². The smallest absolute Gasteiger partial charge is 0.253 e. The minimum Gasteiger partial charge on any atom is -0.352 e. The maximum absolute atomic E-state index is 12.5. The van der Waals surface area contributed by atoms with Crippen LogP contribution in [-0.2, 0) is 11.3 Å². The molecule has 1 N–H and O–H groups in total. The summed E-state index contributed by atoms with van der Waals surface area (Å²) in [6.07, 6.45) is 1.44. The number of aryl methyl sites for hydroxylation is 1. The van der Waals surface area contributed by atoms with Gasteiger partial charge in [-0.05, 0) is 37.5 Å². The molecule has 0 aromatic heterocycles. The van der Waals surface area contributed by atoms with Crippen molar-refractivity contribution in [1.29, 1.82) is 0 Å². The molecule has 0 radical (unpaired) electrons. The number of carbonyl (C=O) groups excluding carboxylic acids is 2. The fourth-order valence-corrected chi connectivity index (χ4v) is 3.15. The first-order chi connectivity index (χ1) is 12.1. The van der Waals surface area contributed by atoms with Crippen LogP contribution in [-0.4, -0.2) is 29.8 Å². The molecule has 0 saturated carbocycles. The third kappa shape index (κ3) is 4.47. The third-order valence-corrected chi connectivity index (χ3v) is 4.76. The van der Waals surface area contributed by atoms with Gasteiger partial charge in [0.25, 0.3) is 5.91 Å². The molecule has 2 amide bonds. The first kappa shape index (κ1) is 17.2. The topological polar surface area (TPSA) is 49.4 Å². The van der Waals surface area contributed by atoms with Gasteiger partial charge in [0, 0.05) is 31.1 Å². The minimum atomic E-state index is -0.00854. The summed E-state index contributed by atoms with van der Waals surface area (Å²) in [7, 11) is 0. The molecule has 0 aliphatic carbocycles. The van der Waals surface area contributed by atoms with Crippen molar-refractivity contribution >= 4 is 11.8 Å². The molecule has 1 aliphatic rings. The van der Waals surface area contributed by atoms with E-state index in [1.165, 1.54) is 0 Å². The Morgan fingerprint density at radius 1 is 1.00 bits per heavy atom. The second-order valence-corrected chi connectivity index (χ2v) is 6.64. The van der Waals surface area contributed by atoms with Crippen LogP contribution < -0.4 is 5.32 Å². The van der Waals surface area contributed by atoms with Gasteiger partial charge >= 0.3 is 0 Å². The van der Waals surface area contributed by atoms with E-state index >= 15 is 0 Å². The van der Waals surface area contributed by atoms with Gasteiger partial charge in [0.1, 0.15) is 0 Å². The first-order valence-corrected chi connectivity index (χ1v) is 8.81. The molecular formula is C21H24N2O2. The standard InChI is InChI=1S/C21H24N2O2/c1-16-7-9-19(10-8-16)21(25)23-13-11-18(12-14-23)20(24)22-15-17-5-3-2-4-6-17/h2-10,18H,11-15H2,1H3,(H,22,24). The van der Waals surface area contributed by atoms with E-state index in [9.17, 15) is 9.59 Å². The Hall–Kier alpha value is -2.62. The highest BCUT2D eigenvalue weighted by atomic mass is 16.2. The molecule has 1 aliphatic heterocycles. The van der Waals surface area contributed by atoms with Crippen LogP contribution in [0.15, 0.2) is 54.6 Å². The lowest BCUT2D eigenvalue weighted by Gasteiger charge is -2.31. The maximum Gasteiger partial charge on any atom is 0.253 e. The molecule has 4 heteroatoms. The lowest BCUT2D eigenvalue weighted by atomic mass is 9.95. The van der Waals surface area contributed by atoms with E-state index in [4.69, 9.17) is 0 Å². The van der Waals surface area contributed by atoms with Gasteiger partial charge in [-0.15, -0.1) is 0 Å². The van der Waals surface area contributed by atoms with Crippen LogP contribution >= 0.6 is 0 Å². The van der Waals surface area contributed by atoms with Crippen LogP contribution in [0.2, 0.25) is 0 Å². The van der Waals surface area contributed by atoms with Gasteiger partial charge in [-0.3, -0.25) is 9.59 Å². The molecule has 2 aromatic carbocycles. The predicted molar refractivity (Wildman–Crippen MR) is 98.1 cm³/mol. The van der Waals surface area contributed by atoms with Gasteiger partial charge in [0.2, 0.25) is 5.91 Å². The molecule has 0 unspecified atom stereocenters. The zero-order valence-electron chi connectivity index (χ0n) is 14.6. The molecule has 1 fully saturated rings. The summed E-state index contributed by atoms with van der Waals surface area (Å²) in [5, 5.41) is 3.01. The van der Waals surface area contributed by atoms with Crippen LogP contribution in [0.1, 0.15) is 34.3 Å². The number of hydrogen-bond acceptors (Lipinski definition) is 2. The molecule has 3 rings (SSSR count). The molecule has 130 valence electrons.